The number of ether oxygens (including phenoxy) is 1. The lowest BCUT2D eigenvalue weighted by molar-refractivity contribution is 0.0526. The Morgan fingerprint density at radius 2 is 1.92 bits per heavy atom. The average molecular weight is 372 g/mol. The highest BCUT2D eigenvalue weighted by atomic mass is 32.1. The van der Waals surface area contributed by atoms with Gasteiger partial charge in [0.1, 0.15) is 0 Å². The fraction of sp³-hybridized carbons (Fsp3) is 0.300. The first-order chi connectivity index (χ1) is 12.5. The van der Waals surface area contributed by atoms with Crippen LogP contribution < -0.4 is 15.5 Å². The summed E-state index contributed by atoms with van der Waals surface area (Å²) in [5, 5.41) is 6.79. The highest BCUT2D eigenvalue weighted by Gasteiger charge is 2.07. The maximum atomic E-state index is 11.8. The molecular formula is C20H25N3O2S. The minimum atomic E-state index is -0.338. The zero-order valence-corrected chi connectivity index (χ0v) is 16.2. The molecule has 0 saturated heterocycles. The van der Waals surface area contributed by atoms with E-state index in [1.54, 1.807) is 25.1 Å². The quantitative estimate of drug-likeness (QED) is 0.573. The predicted octanol–water partition coefficient (Wildman–Crippen LogP) is 3.59. The minimum absolute atomic E-state index is 0.338. The van der Waals surface area contributed by atoms with Crippen molar-refractivity contribution >= 4 is 34.7 Å². The summed E-state index contributed by atoms with van der Waals surface area (Å²) in [7, 11) is 2.05. The van der Waals surface area contributed by atoms with Crippen molar-refractivity contribution in [3.05, 3.63) is 59.7 Å². The molecule has 5 nitrogen and oxygen atoms in total. The summed E-state index contributed by atoms with van der Waals surface area (Å²) >= 11 is 5.33. The molecule has 0 aromatic heterocycles. The van der Waals surface area contributed by atoms with Gasteiger partial charge in [-0.2, -0.15) is 0 Å². The largest absolute Gasteiger partial charge is 0.462 e. The molecule has 2 N–H and O–H groups in total. The molecule has 0 saturated carbocycles. The molecule has 0 aliphatic rings. The smallest absolute Gasteiger partial charge is 0.338 e. The fourth-order valence-electron chi connectivity index (χ4n) is 2.38. The summed E-state index contributed by atoms with van der Waals surface area (Å²) in [5.41, 5.74) is 3.66. The van der Waals surface area contributed by atoms with Gasteiger partial charge in [0, 0.05) is 31.5 Å². The first-order valence-electron chi connectivity index (χ1n) is 8.59. The number of hydrogen-bond acceptors (Lipinski definition) is 4. The Balaban J connectivity index is 1.80. The van der Waals surface area contributed by atoms with E-state index in [9.17, 15) is 4.79 Å². The van der Waals surface area contributed by atoms with Gasteiger partial charge in [-0.15, -0.1) is 0 Å². The van der Waals surface area contributed by atoms with E-state index in [0.717, 1.165) is 12.2 Å². The topological polar surface area (TPSA) is 53.6 Å². The second-order valence-corrected chi connectivity index (χ2v) is 6.35. The van der Waals surface area contributed by atoms with Crippen LogP contribution in [0.4, 0.5) is 11.4 Å². The molecule has 0 bridgehead atoms. The second kappa shape index (κ2) is 9.77. The van der Waals surface area contributed by atoms with Crippen molar-refractivity contribution in [3.8, 4) is 0 Å². The summed E-state index contributed by atoms with van der Waals surface area (Å²) in [6.45, 7) is 5.73. The molecule has 0 atom stereocenters. The highest BCUT2D eigenvalue weighted by molar-refractivity contribution is 7.80. The van der Waals surface area contributed by atoms with Crippen LogP contribution in [0, 0.1) is 6.92 Å². The summed E-state index contributed by atoms with van der Waals surface area (Å²) in [4.78, 5) is 13.9. The number of carbonyl (C=O) groups excluding carboxylic acids is 1. The van der Waals surface area contributed by atoms with Crippen LogP contribution in [0.25, 0.3) is 0 Å². The molecule has 0 aliphatic carbocycles. The van der Waals surface area contributed by atoms with Gasteiger partial charge in [-0.05, 0) is 56.4 Å². The van der Waals surface area contributed by atoms with Crippen molar-refractivity contribution < 1.29 is 9.53 Å². The van der Waals surface area contributed by atoms with Crippen molar-refractivity contribution in [1.29, 1.82) is 0 Å². The summed E-state index contributed by atoms with van der Waals surface area (Å²) in [6, 6.07) is 15.5. The number of hydrogen-bond donors (Lipinski definition) is 2. The SMILES string of the molecule is CCOC(=O)c1cccc(NC(=S)NCCN(C)c2ccc(C)cc2)c1. The van der Waals surface area contributed by atoms with Crippen LogP contribution in [-0.2, 0) is 4.74 Å². The second-order valence-electron chi connectivity index (χ2n) is 5.94. The Morgan fingerprint density at radius 3 is 2.62 bits per heavy atom. The molecule has 0 heterocycles. The van der Waals surface area contributed by atoms with Gasteiger partial charge >= 0.3 is 5.97 Å². The third-order valence-corrected chi connectivity index (χ3v) is 4.09. The molecule has 26 heavy (non-hydrogen) atoms. The van der Waals surface area contributed by atoms with Gasteiger partial charge in [0.2, 0.25) is 0 Å². The van der Waals surface area contributed by atoms with Gasteiger partial charge in [0.15, 0.2) is 5.11 Å². The predicted molar refractivity (Wildman–Crippen MR) is 111 cm³/mol. The maximum Gasteiger partial charge on any atom is 0.338 e. The maximum absolute atomic E-state index is 11.8. The van der Waals surface area contributed by atoms with Crippen LogP contribution in [0.3, 0.4) is 0 Å². The molecule has 0 amide bonds. The number of anilines is 2. The van der Waals surface area contributed by atoms with Crippen molar-refractivity contribution in [2.75, 3.05) is 37.0 Å². The Kier molecular flexibility index (Phi) is 7.41. The lowest BCUT2D eigenvalue weighted by atomic mass is 10.2. The van der Waals surface area contributed by atoms with Gasteiger partial charge in [0.25, 0.3) is 0 Å². The first-order valence-corrected chi connectivity index (χ1v) is 9.00. The van der Waals surface area contributed by atoms with E-state index in [2.05, 4.69) is 46.7 Å². The van der Waals surface area contributed by atoms with Crippen LogP contribution in [0.2, 0.25) is 0 Å². The summed E-state index contributed by atoms with van der Waals surface area (Å²) in [5.74, 6) is -0.338. The Bertz CT molecular complexity index is 747. The number of carbonyl (C=O) groups is 1. The van der Waals surface area contributed by atoms with Crippen molar-refractivity contribution in [3.63, 3.8) is 0 Å². The number of thiocarbonyl (C=S) groups is 1. The third kappa shape index (κ3) is 6.04. The molecule has 0 radical (unpaired) electrons. The van der Waals surface area contributed by atoms with E-state index in [4.69, 9.17) is 17.0 Å². The monoisotopic (exact) mass is 371 g/mol. The number of nitrogens with zero attached hydrogens (tertiary/aromatic N) is 1. The molecule has 0 unspecified atom stereocenters. The Labute approximate surface area is 160 Å². The number of benzene rings is 2. The zero-order chi connectivity index (χ0) is 18.9. The molecule has 138 valence electrons. The van der Waals surface area contributed by atoms with E-state index >= 15 is 0 Å². The van der Waals surface area contributed by atoms with Crippen molar-refractivity contribution in [2.45, 2.75) is 13.8 Å². The van der Waals surface area contributed by atoms with Gasteiger partial charge in [-0.1, -0.05) is 23.8 Å². The molecule has 0 fully saturated rings. The summed E-state index contributed by atoms with van der Waals surface area (Å²) < 4.78 is 5.01. The first kappa shape index (κ1) is 19.7. The number of likely N-dealkylation sites (N-methyl/N-ethyl adjacent to an activating group) is 1. The minimum Gasteiger partial charge on any atom is -0.462 e. The molecule has 0 spiro atoms. The standard InChI is InChI=1S/C20H25N3O2S/c1-4-25-19(24)16-6-5-7-17(14-16)22-20(26)21-12-13-23(3)18-10-8-15(2)9-11-18/h5-11,14H,4,12-13H2,1-3H3,(H2,21,22,26). The van der Waals surface area contributed by atoms with E-state index in [1.165, 1.54) is 11.3 Å². The third-order valence-electron chi connectivity index (χ3n) is 3.84. The Morgan fingerprint density at radius 1 is 1.19 bits per heavy atom. The normalized spacial score (nSPS) is 10.1. The van der Waals surface area contributed by atoms with Gasteiger partial charge < -0.3 is 20.3 Å². The van der Waals surface area contributed by atoms with E-state index in [1.807, 2.05) is 13.1 Å². The molecule has 0 aliphatic heterocycles. The van der Waals surface area contributed by atoms with E-state index in [-0.39, 0.29) is 5.97 Å². The van der Waals surface area contributed by atoms with Crippen molar-refractivity contribution in [1.82, 2.24) is 5.32 Å². The van der Waals surface area contributed by atoms with E-state index in [0.29, 0.717) is 23.8 Å². The number of esters is 1. The van der Waals surface area contributed by atoms with Crippen molar-refractivity contribution in [2.24, 2.45) is 0 Å². The zero-order valence-electron chi connectivity index (χ0n) is 15.4. The van der Waals surface area contributed by atoms with Crippen LogP contribution in [0.5, 0.6) is 0 Å². The van der Waals surface area contributed by atoms with Gasteiger partial charge in [0.05, 0.1) is 12.2 Å². The molecular weight excluding hydrogens is 346 g/mol. The number of aryl methyl sites for hydroxylation is 1. The molecule has 2 aromatic rings. The average Bonchev–Trinajstić information content (AvgIpc) is 2.62. The summed E-state index contributed by atoms with van der Waals surface area (Å²) in [6.07, 6.45) is 0. The van der Waals surface area contributed by atoms with Gasteiger partial charge in [-0.3, -0.25) is 0 Å². The molecule has 6 heteroatoms. The highest BCUT2D eigenvalue weighted by Crippen LogP contribution is 2.13. The fourth-order valence-corrected chi connectivity index (χ4v) is 2.60. The number of rotatable bonds is 7. The van der Waals surface area contributed by atoms with Crippen LogP contribution in [-0.4, -0.2) is 37.8 Å². The van der Waals surface area contributed by atoms with Crippen LogP contribution in [0.1, 0.15) is 22.8 Å². The van der Waals surface area contributed by atoms with Crippen LogP contribution in [0.15, 0.2) is 48.5 Å². The van der Waals surface area contributed by atoms with Crippen LogP contribution >= 0.6 is 12.2 Å². The van der Waals surface area contributed by atoms with E-state index < -0.39 is 0 Å². The molecule has 2 rings (SSSR count). The Hall–Kier alpha value is -2.60. The lowest BCUT2D eigenvalue weighted by Gasteiger charge is -2.20. The molecule has 2 aromatic carbocycles. The lowest BCUT2D eigenvalue weighted by Crippen LogP contribution is -2.35. The van der Waals surface area contributed by atoms with Gasteiger partial charge in [-0.25, -0.2) is 4.79 Å². The number of nitrogens with one attached hydrogen (secondary N) is 2.